The molecule has 0 bridgehead atoms. The average molecular weight is 248 g/mol. The summed E-state index contributed by atoms with van der Waals surface area (Å²) in [6.45, 7) is 5.71. The van der Waals surface area contributed by atoms with Gasteiger partial charge in [-0.1, -0.05) is 6.07 Å². The number of aliphatic hydroxyl groups is 1. The zero-order valence-electron chi connectivity index (χ0n) is 11.2. The lowest BCUT2D eigenvalue weighted by Gasteiger charge is -2.25. The van der Waals surface area contributed by atoms with Crippen LogP contribution in [0, 0.1) is 11.3 Å². The lowest BCUT2D eigenvalue weighted by molar-refractivity contribution is 0.159. The summed E-state index contributed by atoms with van der Waals surface area (Å²) in [5, 5.41) is 18.0. The number of aliphatic hydroxyl groups excluding tert-OH is 1. The maximum Gasteiger partial charge on any atom is 0.136 e. The zero-order chi connectivity index (χ0) is 13.5. The summed E-state index contributed by atoms with van der Waals surface area (Å²) in [5.74, 6) is 0.600. The third-order valence-electron chi connectivity index (χ3n) is 2.89. The maximum atomic E-state index is 9.04. The van der Waals surface area contributed by atoms with Gasteiger partial charge in [0.25, 0.3) is 0 Å². The standard InChI is InChI=1S/C14H20N2O2/c1-11(2)16(6-7-17)10-12-4-5-13(9-15)14(8-12)18-3/h4-5,8,11,17H,6-7,10H2,1-3H3. The van der Waals surface area contributed by atoms with E-state index in [4.69, 9.17) is 15.1 Å². The molecule has 0 saturated heterocycles. The van der Waals surface area contributed by atoms with E-state index in [0.29, 0.717) is 23.9 Å². The highest BCUT2D eigenvalue weighted by atomic mass is 16.5. The van der Waals surface area contributed by atoms with Crippen molar-refractivity contribution in [2.45, 2.75) is 26.4 Å². The SMILES string of the molecule is COc1cc(CN(CCO)C(C)C)ccc1C#N. The fraction of sp³-hybridized carbons (Fsp3) is 0.500. The normalized spacial score (nSPS) is 10.7. The highest BCUT2D eigenvalue weighted by Gasteiger charge is 2.11. The quantitative estimate of drug-likeness (QED) is 0.833. The molecule has 1 N–H and O–H groups in total. The van der Waals surface area contributed by atoms with Crippen LogP contribution in [-0.2, 0) is 6.54 Å². The van der Waals surface area contributed by atoms with Gasteiger partial charge in [0.15, 0.2) is 0 Å². The van der Waals surface area contributed by atoms with E-state index in [1.807, 2.05) is 12.1 Å². The highest BCUT2D eigenvalue weighted by molar-refractivity contribution is 5.45. The minimum Gasteiger partial charge on any atom is -0.495 e. The molecule has 0 aliphatic heterocycles. The number of rotatable bonds is 6. The Labute approximate surface area is 108 Å². The molecule has 18 heavy (non-hydrogen) atoms. The van der Waals surface area contributed by atoms with Gasteiger partial charge in [0.2, 0.25) is 0 Å². The fourth-order valence-electron chi connectivity index (χ4n) is 1.81. The second-order valence-electron chi connectivity index (χ2n) is 4.43. The molecule has 0 heterocycles. The molecule has 0 atom stereocenters. The first kappa shape index (κ1) is 14.5. The van der Waals surface area contributed by atoms with Crippen LogP contribution < -0.4 is 4.74 Å². The Kier molecular flexibility index (Phi) is 5.63. The van der Waals surface area contributed by atoms with E-state index >= 15 is 0 Å². The summed E-state index contributed by atoms with van der Waals surface area (Å²) in [5.41, 5.74) is 1.62. The van der Waals surface area contributed by atoms with Gasteiger partial charge >= 0.3 is 0 Å². The number of hydrogen-bond donors (Lipinski definition) is 1. The lowest BCUT2D eigenvalue weighted by atomic mass is 10.1. The smallest absolute Gasteiger partial charge is 0.136 e. The number of benzene rings is 1. The minimum absolute atomic E-state index is 0.144. The van der Waals surface area contributed by atoms with E-state index < -0.39 is 0 Å². The van der Waals surface area contributed by atoms with E-state index in [1.165, 1.54) is 0 Å². The Morgan fingerprint density at radius 1 is 1.44 bits per heavy atom. The predicted molar refractivity (Wildman–Crippen MR) is 70.3 cm³/mol. The summed E-state index contributed by atoms with van der Waals surface area (Å²) in [6.07, 6.45) is 0. The van der Waals surface area contributed by atoms with Gasteiger partial charge in [-0.3, -0.25) is 4.90 Å². The van der Waals surface area contributed by atoms with E-state index in [9.17, 15) is 0 Å². The van der Waals surface area contributed by atoms with Crippen molar-refractivity contribution in [3.63, 3.8) is 0 Å². The Morgan fingerprint density at radius 3 is 2.67 bits per heavy atom. The van der Waals surface area contributed by atoms with Crippen molar-refractivity contribution >= 4 is 0 Å². The fourth-order valence-corrected chi connectivity index (χ4v) is 1.81. The number of nitrogens with zero attached hydrogens (tertiary/aromatic N) is 2. The summed E-state index contributed by atoms with van der Waals surface area (Å²) in [4.78, 5) is 2.17. The van der Waals surface area contributed by atoms with E-state index in [-0.39, 0.29) is 6.61 Å². The van der Waals surface area contributed by atoms with Gasteiger partial charge in [-0.25, -0.2) is 0 Å². The Bertz CT molecular complexity index is 424. The zero-order valence-corrected chi connectivity index (χ0v) is 11.2. The maximum absolute atomic E-state index is 9.04. The van der Waals surface area contributed by atoms with E-state index in [1.54, 1.807) is 13.2 Å². The van der Waals surface area contributed by atoms with Crippen LogP contribution in [0.1, 0.15) is 25.0 Å². The van der Waals surface area contributed by atoms with Crippen LogP contribution in [0.3, 0.4) is 0 Å². The highest BCUT2D eigenvalue weighted by Crippen LogP contribution is 2.20. The molecule has 0 aromatic heterocycles. The monoisotopic (exact) mass is 248 g/mol. The molecule has 4 nitrogen and oxygen atoms in total. The number of ether oxygens (including phenoxy) is 1. The van der Waals surface area contributed by atoms with Crippen molar-refractivity contribution in [1.82, 2.24) is 4.90 Å². The van der Waals surface area contributed by atoms with Crippen molar-refractivity contribution in [2.24, 2.45) is 0 Å². The topological polar surface area (TPSA) is 56.5 Å². The van der Waals surface area contributed by atoms with Gasteiger partial charge in [-0.15, -0.1) is 0 Å². The molecule has 0 aliphatic carbocycles. The van der Waals surface area contributed by atoms with Crippen LogP contribution in [0.4, 0.5) is 0 Å². The van der Waals surface area contributed by atoms with E-state index in [2.05, 4.69) is 24.8 Å². The molecule has 0 fully saturated rings. The molecule has 0 unspecified atom stereocenters. The van der Waals surface area contributed by atoms with Crippen LogP contribution in [0.15, 0.2) is 18.2 Å². The van der Waals surface area contributed by atoms with Crippen LogP contribution >= 0.6 is 0 Å². The van der Waals surface area contributed by atoms with Gasteiger partial charge in [0, 0.05) is 19.1 Å². The Morgan fingerprint density at radius 2 is 2.17 bits per heavy atom. The molecule has 98 valence electrons. The van der Waals surface area contributed by atoms with Crippen molar-refractivity contribution in [3.05, 3.63) is 29.3 Å². The van der Waals surface area contributed by atoms with Gasteiger partial charge in [0.05, 0.1) is 19.3 Å². The summed E-state index contributed by atoms with van der Waals surface area (Å²) in [7, 11) is 1.56. The first-order valence-electron chi connectivity index (χ1n) is 6.04. The molecular weight excluding hydrogens is 228 g/mol. The summed E-state index contributed by atoms with van der Waals surface area (Å²) in [6, 6.07) is 8.03. The number of nitriles is 1. The molecular formula is C14H20N2O2. The average Bonchev–Trinajstić information content (AvgIpc) is 2.37. The number of methoxy groups -OCH3 is 1. The Hall–Kier alpha value is -1.57. The largest absolute Gasteiger partial charge is 0.495 e. The number of hydrogen-bond acceptors (Lipinski definition) is 4. The molecule has 0 saturated carbocycles. The van der Waals surface area contributed by atoms with Crippen molar-refractivity contribution in [1.29, 1.82) is 5.26 Å². The first-order chi connectivity index (χ1) is 8.62. The molecule has 4 heteroatoms. The summed E-state index contributed by atoms with van der Waals surface area (Å²) >= 11 is 0. The molecule has 1 rings (SSSR count). The molecule has 0 amide bonds. The Balaban J connectivity index is 2.87. The first-order valence-corrected chi connectivity index (χ1v) is 6.04. The van der Waals surface area contributed by atoms with Crippen LogP contribution in [0.5, 0.6) is 5.75 Å². The van der Waals surface area contributed by atoms with Crippen LogP contribution in [0.25, 0.3) is 0 Å². The second kappa shape index (κ2) is 7.00. The second-order valence-corrected chi connectivity index (χ2v) is 4.43. The third-order valence-corrected chi connectivity index (χ3v) is 2.89. The lowest BCUT2D eigenvalue weighted by Crippen LogP contribution is -2.32. The van der Waals surface area contributed by atoms with Gasteiger partial charge in [0.1, 0.15) is 11.8 Å². The van der Waals surface area contributed by atoms with Gasteiger partial charge < -0.3 is 9.84 Å². The van der Waals surface area contributed by atoms with Gasteiger partial charge in [-0.05, 0) is 31.5 Å². The molecule has 0 radical (unpaired) electrons. The summed E-state index contributed by atoms with van der Waals surface area (Å²) < 4.78 is 5.19. The molecule has 1 aromatic carbocycles. The van der Waals surface area contributed by atoms with Crippen LogP contribution in [-0.4, -0.2) is 36.3 Å². The van der Waals surface area contributed by atoms with Crippen LogP contribution in [0.2, 0.25) is 0 Å². The van der Waals surface area contributed by atoms with E-state index in [0.717, 1.165) is 12.1 Å². The van der Waals surface area contributed by atoms with Crippen molar-refractivity contribution in [3.8, 4) is 11.8 Å². The van der Waals surface area contributed by atoms with Crippen molar-refractivity contribution in [2.75, 3.05) is 20.3 Å². The molecule has 0 aliphatic rings. The van der Waals surface area contributed by atoms with Gasteiger partial charge in [-0.2, -0.15) is 5.26 Å². The molecule has 0 spiro atoms. The van der Waals surface area contributed by atoms with Crippen molar-refractivity contribution < 1.29 is 9.84 Å². The predicted octanol–water partition coefficient (Wildman–Crippen LogP) is 1.77. The minimum atomic E-state index is 0.144. The molecule has 1 aromatic rings. The third kappa shape index (κ3) is 3.73.